The summed E-state index contributed by atoms with van der Waals surface area (Å²) in [5.74, 6) is -1.30. The summed E-state index contributed by atoms with van der Waals surface area (Å²) in [6.07, 6.45) is 0. The van der Waals surface area contributed by atoms with E-state index in [0.29, 0.717) is 5.75 Å². The molecule has 1 atom stereocenters. The van der Waals surface area contributed by atoms with Crippen LogP contribution < -0.4 is 9.47 Å². The predicted octanol–water partition coefficient (Wildman–Crippen LogP) is 1.58. The van der Waals surface area contributed by atoms with E-state index in [9.17, 15) is 23.8 Å². The van der Waals surface area contributed by atoms with Crippen molar-refractivity contribution in [1.82, 2.24) is 0 Å². The van der Waals surface area contributed by atoms with E-state index >= 15 is 0 Å². The number of carbonyl (C=O) groups is 1. The Labute approximate surface area is 134 Å². The van der Waals surface area contributed by atoms with E-state index in [2.05, 4.69) is 0 Å². The van der Waals surface area contributed by atoms with Gasteiger partial charge in [0.05, 0.1) is 30.2 Å². The highest BCUT2D eigenvalue weighted by molar-refractivity contribution is 7.79. The Morgan fingerprint density at radius 1 is 1.04 bits per heavy atom. The number of ketones is 1. The maximum absolute atomic E-state index is 12.5. The van der Waals surface area contributed by atoms with Crippen LogP contribution in [0.5, 0.6) is 23.0 Å². The molecular weight excluding hydrogens is 324 g/mol. The van der Waals surface area contributed by atoms with Crippen LogP contribution in [-0.4, -0.2) is 39.0 Å². The summed E-state index contributed by atoms with van der Waals surface area (Å²) in [7, 11) is 2.64. The maximum Gasteiger partial charge on any atom is 0.200 e. The lowest BCUT2D eigenvalue weighted by Gasteiger charge is -2.14. The van der Waals surface area contributed by atoms with Crippen LogP contribution in [0, 0.1) is 0 Å². The van der Waals surface area contributed by atoms with Gasteiger partial charge in [0, 0.05) is 12.1 Å². The van der Waals surface area contributed by atoms with Gasteiger partial charge < -0.3 is 24.2 Å². The number of hydrogen-bond donors (Lipinski definition) is 2. The highest BCUT2D eigenvalue weighted by Gasteiger charge is 2.20. The Morgan fingerprint density at radius 3 is 2.22 bits per heavy atom. The summed E-state index contributed by atoms with van der Waals surface area (Å²) >= 11 is -2.66. The number of rotatable bonds is 5. The number of methoxy groups -OCH3 is 2. The number of carbonyl (C=O) groups excluding carboxylic acids is 1. The summed E-state index contributed by atoms with van der Waals surface area (Å²) in [5.41, 5.74) is -0.376. The van der Waals surface area contributed by atoms with Crippen LogP contribution in [0.15, 0.2) is 35.2 Å². The first kappa shape index (κ1) is 16.8. The number of ether oxygens (including phenoxy) is 2. The zero-order valence-corrected chi connectivity index (χ0v) is 13.0. The molecule has 122 valence electrons. The third kappa shape index (κ3) is 3.27. The molecule has 2 aromatic carbocycles. The molecule has 2 aromatic rings. The second-order valence-electron chi connectivity index (χ2n) is 4.47. The monoisotopic (exact) mass is 337 g/mol. The van der Waals surface area contributed by atoms with Gasteiger partial charge in [-0.2, -0.15) is 0 Å². The molecule has 1 unspecified atom stereocenters. The average Bonchev–Trinajstić information content (AvgIpc) is 2.53. The molecule has 23 heavy (non-hydrogen) atoms. The zero-order valence-electron chi connectivity index (χ0n) is 12.2. The first-order chi connectivity index (χ1) is 10.9. The largest absolute Gasteiger partial charge is 0.768 e. The second kappa shape index (κ2) is 6.67. The van der Waals surface area contributed by atoms with Crippen LogP contribution in [0.3, 0.4) is 0 Å². The minimum Gasteiger partial charge on any atom is -0.768 e. The Morgan fingerprint density at radius 2 is 1.70 bits per heavy atom. The van der Waals surface area contributed by atoms with E-state index in [1.165, 1.54) is 32.4 Å². The van der Waals surface area contributed by atoms with Crippen LogP contribution in [0.25, 0.3) is 0 Å². The van der Waals surface area contributed by atoms with Gasteiger partial charge in [-0.1, -0.05) is 0 Å². The van der Waals surface area contributed by atoms with Crippen LogP contribution in [0.1, 0.15) is 15.9 Å². The lowest BCUT2D eigenvalue weighted by atomic mass is 10.0. The lowest BCUT2D eigenvalue weighted by molar-refractivity contribution is 0.103. The molecule has 0 aliphatic carbocycles. The van der Waals surface area contributed by atoms with E-state index in [0.717, 1.165) is 12.1 Å². The van der Waals surface area contributed by atoms with Gasteiger partial charge in [-0.3, -0.25) is 9.00 Å². The molecule has 0 saturated carbocycles. The molecule has 0 saturated heterocycles. The number of phenolic OH excluding ortho intramolecular Hbond substituents is 2. The lowest BCUT2D eigenvalue weighted by Crippen LogP contribution is -2.05. The SMILES string of the molecule is COc1ccc(C(=O)c2cc(S(=O)[O-])c(OC)cc2O)c(O)c1. The van der Waals surface area contributed by atoms with Gasteiger partial charge in [-0.25, -0.2) is 0 Å². The second-order valence-corrected chi connectivity index (χ2v) is 5.38. The summed E-state index contributed by atoms with van der Waals surface area (Å²) in [6.45, 7) is 0. The molecule has 7 nitrogen and oxygen atoms in total. The van der Waals surface area contributed by atoms with Gasteiger partial charge in [0.1, 0.15) is 23.0 Å². The molecule has 0 aromatic heterocycles. The fourth-order valence-corrected chi connectivity index (χ4v) is 2.52. The van der Waals surface area contributed by atoms with Crippen molar-refractivity contribution in [3.8, 4) is 23.0 Å². The predicted molar refractivity (Wildman–Crippen MR) is 79.9 cm³/mol. The van der Waals surface area contributed by atoms with Crippen molar-refractivity contribution < 1.29 is 33.2 Å². The van der Waals surface area contributed by atoms with Crippen molar-refractivity contribution in [2.24, 2.45) is 0 Å². The summed E-state index contributed by atoms with van der Waals surface area (Å²) in [4.78, 5) is 12.2. The van der Waals surface area contributed by atoms with Crippen molar-refractivity contribution in [2.45, 2.75) is 4.90 Å². The van der Waals surface area contributed by atoms with E-state index < -0.39 is 22.6 Å². The maximum atomic E-state index is 12.5. The summed E-state index contributed by atoms with van der Waals surface area (Å²) < 4.78 is 32.2. The van der Waals surface area contributed by atoms with Crippen molar-refractivity contribution in [3.05, 3.63) is 41.5 Å². The van der Waals surface area contributed by atoms with Gasteiger partial charge in [0.25, 0.3) is 0 Å². The van der Waals surface area contributed by atoms with Crippen molar-refractivity contribution in [3.63, 3.8) is 0 Å². The first-order valence-corrected chi connectivity index (χ1v) is 7.38. The molecular formula is C15H13O7S-. The highest BCUT2D eigenvalue weighted by atomic mass is 32.2. The standard InChI is InChI=1S/C15H14O7S/c1-21-8-3-4-9(11(16)5-8)15(18)10-6-14(23(19)20)13(22-2)7-12(10)17/h3-7,16-17H,1-2H3,(H,19,20)/p-1. The summed E-state index contributed by atoms with van der Waals surface area (Å²) in [6, 6.07) is 6.02. The van der Waals surface area contributed by atoms with Crippen LogP contribution in [-0.2, 0) is 11.1 Å². The normalized spacial score (nSPS) is 11.8. The topological polar surface area (TPSA) is 116 Å². The average molecular weight is 337 g/mol. The molecule has 0 radical (unpaired) electrons. The Hall–Kier alpha value is -2.58. The molecule has 0 fully saturated rings. The molecule has 0 amide bonds. The minimum absolute atomic E-state index is 0.0914. The number of hydrogen-bond acceptors (Lipinski definition) is 7. The highest BCUT2D eigenvalue weighted by Crippen LogP contribution is 2.33. The van der Waals surface area contributed by atoms with E-state index in [1.54, 1.807) is 0 Å². The van der Waals surface area contributed by atoms with Crippen molar-refractivity contribution in [1.29, 1.82) is 0 Å². The van der Waals surface area contributed by atoms with Gasteiger partial charge in [-0.15, -0.1) is 0 Å². The molecule has 0 bridgehead atoms. The molecule has 0 heterocycles. The molecule has 8 heteroatoms. The number of aromatic hydroxyl groups is 2. The van der Waals surface area contributed by atoms with E-state index in [-0.39, 0.29) is 27.5 Å². The third-order valence-corrected chi connectivity index (χ3v) is 3.83. The fourth-order valence-electron chi connectivity index (χ4n) is 2.00. The molecule has 0 spiro atoms. The first-order valence-electron chi connectivity index (χ1n) is 6.31. The molecule has 2 rings (SSSR count). The quantitative estimate of drug-likeness (QED) is 0.628. The minimum atomic E-state index is -2.66. The van der Waals surface area contributed by atoms with Crippen molar-refractivity contribution in [2.75, 3.05) is 14.2 Å². The molecule has 0 aliphatic heterocycles. The number of benzene rings is 2. The van der Waals surface area contributed by atoms with Crippen molar-refractivity contribution >= 4 is 16.9 Å². The Bertz CT molecular complexity index is 786. The third-order valence-electron chi connectivity index (χ3n) is 3.16. The van der Waals surface area contributed by atoms with Gasteiger partial charge in [0.15, 0.2) is 0 Å². The zero-order chi connectivity index (χ0) is 17.1. The Balaban J connectivity index is 2.55. The van der Waals surface area contributed by atoms with Crippen LogP contribution in [0.2, 0.25) is 0 Å². The van der Waals surface area contributed by atoms with Gasteiger partial charge in [-0.05, 0) is 29.3 Å². The Kier molecular flexibility index (Phi) is 4.87. The van der Waals surface area contributed by atoms with Gasteiger partial charge in [0.2, 0.25) is 5.78 Å². The molecule has 0 aliphatic rings. The van der Waals surface area contributed by atoms with E-state index in [4.69, 9.17) is 9.47 Å². The summed E-state index contributed by atoms with van der Waals surface area (Å²) in [5, 5.41) is 19.8. The fraction of sp³-hybridized carbons (Fsp3) is 0.133. The van der Waals surface area contributed by atoms with Crippen LogP contribution >= 0.6 is 0 Å². The number of phenols is 2. The smallest absolute Gasteiger partial charge is 0.200 e. The van der Waals surface area contributed by atoms with E-state index in [1.807, 2.05) is 0 Å². The van der Waals surface area contributed by atoms with Crippen LogP contribution in [0.4, 0.5) is 0 Å². The van der Waals surface area contributed by atoms with Gasteiger partial charge >= 0.3 is 0 Å². The molecule has 2 N–H and O–H groups in total.